The van der Waals surface area contributed by atoms with Crippen LogP contribution in [0.5, 0.6) is 0 Å². The first-order valence-corrected chi connectivity index (χ1v) is 5.62. The van der Waals surface area contributed by atoms with E-state index >= 15 is 0 Å². The predicted octanol–water partition coefficient (Wildman–Crippen LogP) is 1.54. The minimum absolute atomic E-state index is 0.257. The van der Waals surface area contributed by atoms with E-state index in [0.29, 0.717) is 5.96 Å². The predicted molar refractivity (Wildman–Crippen MR) is 68.7 cm³/mol. The number of pyridine rings is 1. The molecule has 86 valence electrons. The molecule has 4 nitrogen and oxygen atoms in total. The normalized spacial score (nSPS) is 19.7. The third-order valence-electron chi connectivity index (χ3n) is 3.30. The average molecular weight is 226 g/mol. The van der Waals surface area contributed by atoms with Crippen LogP contribution >= 0.6 is 0 Å². The Morgan fingerprint density at radius 1 is 1.29 bits per heavy atom. The number of rotatable bonds is 1. The molecule has 0 amide bonds. The Labute approximate surface area is 99.8 Å². The molecule has 1 aromatic carbocycles. The highest BCUT2D eigenvalue weighted by molar-refractivity contribution is 5.83. The highest BCUT2D eigenvalue weighted by Gasteiger charge is 2.23. The molecule has 3 rings (SSSR count). The zero-order chi connectivity index (χ0) is 11.8. The maximum atomic E-state index is 5.78. The number of aromatic nitrogens is 1. The highest BCUT2D eigenvalue weighted by Crippen LogP contribution is 2.26. The summed E-state index contributed by atoms with van der Waals surface area (Å²) in [6, 6.07) is 8.69. The molecule has 2 heterocycles. The molecule has 0 spiro atoms. The Morgan fingerprint density at radius 3 is 2.94 bits per heavy atom. The minimum atomic E-state index is 0.257. The molecular weight excluding hydrogens is 212 g/mol. The van der Waals surface area contributed by atoms with E-state index in [1.807, 2.05) is 30.4 Å². The number of likely N-dealkylation sites (N-methyl/N-ethyl adjacent to an activating group) is 1. The van der Waals surface area contributed by atoms with Crippen molar-refractivity contribution in [3.05, 3.63) is 42.2 Å². The summed E-state index contributed by atoms with van der Waals surface area (Å²) in [7, 11) is 1.98. The van der Waals surface area contributed by atoms with Gasteiger partial charge in [0.1, 0.15) is 0 Å². The topological polar surface area (TPSA) is 54.5 Å². The second kappa shape index (κ2) is 3.73. The lowest BCUT2D eigenvalue weighted by molar-refractivity contribution is 0.414. The number of benzene rings is 1. The first-order chi connectivity index (χ1) is 8.25. The van der Waals surface area contributed by atoms with Crippen LogP contribution in [0.3, 0.4) is 0 Å². The van der Waals surface area contributed by atoms with E-state index in [4.69, 9.17) is 5.73 Å². The van der Waals surface area contributed by atoms with Crippen LogP contribution in [0.2, 0.25) is 0 Å². The van der Waals surface area contributed by atoms with Crippen LogP contribution in [0.15, 0.2) is 41.7 Å². The van der Waals surface area contributed by atoms with Crippen LogP contribution in [0.1, 0.15) is 11.6 Å². The Bertz CT molecular complexity index is 591. The van der Waals surface area contributed by atoms with Crippen LogP contribution in [0, 0.1) is 0 Å². The molecule has 17 heavy (non-hydrogen) atoms. The summed E-state index contributed by atoms with van der Waals surface area (Å²) in [6.07, 6.45) is 3.69. The van der Waals surface area contributed by atoms with Crippen molar-refractivity contribution in [3.8, 4) is 0 Å². The van der Waals surface area contributed by atoms with Gasteiger partial charge in [0.2, 0.25) is 0 Å². The lowest BCUT2D eigenvalue weighted by atomic mass is 10.0. The van der Waals surface area contributed by atoms with Crippen molar-refractivity contribution in [2.45, 2.75) is 6.04 Å². The fourth-order valence-electron chi connectivity index (χ4n) is 2.21. The van der Waals surface area contributed by atoms with Gasteiger partial charge in [-0.25, -0.2) is 0 Å². The molecule has 1 aliphatic rings. The van der Waals surface area contributed by atoms with E-state index in [-0.39, 0.29) is 6.04 Å². The molecule has 1 unspecified atom stereocenters. The molecule has 4 heteroatoms. The number of hydrogen-bond acceptors (Lipinski definition) is 4. The lowest BCUT2D eigenvalue weighted by Crippen LogP contribution is -2.32. The molecule has 0 fully saturated rings. The van der Waals surface area contributed by atoms with E-state index in [2.05, 4.69) is 28.2 Å². The number of nitrogens with zero attached hydrogens (tertiary/aromatic N) is 3. The van der Waals surface area contributed by atoms with Crippen LogP contribution < -0.4 is 5.73 Å². The van der Waals surface area contributed by atoms with Gasteiger partial charge in [0.05, 0.1) is 12.6 Å². The summed E-state index contributed by atoms with van der Waals surface area (Å²) in [5.74, 6) is 0.616. The van der Waals surface area contributed by atoms with E-state index in [0.717, 1.165) is 11.9 Å². The molecule has 0 aliphatic carbocycles. The Kier molecular flexibility index (Phi) is 2.21. The largest absolute Gasteiger partial charge is 0.370 e. The van der Waals surface area contributed by atoms with Crippen molar-refractivity contribution in [1.29, 1.82) is 0 Å². The second-order valence-corrected chi connectivity index (χ2v) is 4.31. The number of aliphatic imine (C=N–C) groups is 1. The van der Waals surface area contributed by atoms with Crippen LogP contribution in [0.4, 0.5) is 0 Å². The quantitative estimate of drug-likeness (QED) is 0.802. The Hall–Kier alpha value is -2.10. The molecule has 0 radical (unpaired) electrons. The van der Waals surface area contributed by atoms with Crippen molar-refractivity contribution in [3.63, 3.8) is 0 Å². The van der Waals surface area contributed by atoms with Gasteiger partial charge < -0.3 is 10.6 Å². The minimum Gasteiger partial charge on any atom is -0.370 e. The summed E-state index contributed by atoms with van der Waals surface area (Å²) < 4.78 is 0. The van der Waals surface area contributed by atoms with Crippen molar-refractivity contribution in [1.82, 2.24) is 9.88 Å². The lowest BCUT2D eigenvalue weighted by Gasteiger charge is -2.21. The van der Waals surface area contributed by atoms with Crippen molar-refractivity contribution in [2.24, 2.45) is 10.7 Å². The second-order valence-electron chi connectivity index (χ2n) is 4.31. The van der Waals surface area contributed by atoms with Crippen molar-refractivity contribution < 1.29 is 0 Å². The zero-order valence-electron chi connectivity index (χ0n) is 9.67. The zero-order valence-corrected chi connectivity index (χ0v) is 9.67. The van der Waals surface area contributed by atoms with E-state index in [1.54, 1.807) is 0 Å². The van der Waals surface area contributed by atoms with E-state index in [9.17, 15) is 0 Å². The fourth-order valence-corrected chi connectivity index (χ4v) is 2.21. The number of nitrogens with two attached hydrogens (primary N) is 1. The molecule has 1 atom stereocenters. The summed E-state index contributed by atoms with van der Waals surface area (Å²) in [4.78, 5) is 10.4. The van der Waals surface area contributed by atoms with Gasteiger partial charge in [-0.3, -0.25) is 9.98 Å². The van der Waals surface area contributed by atoms with Gasteiger partial charge in [0, 0.05) is 24.8 Å². The van der Waals surface area contributed by atoms with Gasteiger partial charge in [0.25, 0.3) is 0 Å². The van der Waals surface area contributed by atoms with Gasteiger partial charge in [-0.2, -0.15) is 0 Å². The highest BCUT2D eigenvalue weighted by atomic mass is 15.3. The van der Waals surface area contributed by atoms with E-state index in [1.165, 1.54) is 10.9 Å². The van der Waals surface area contributed by atoms with Gasteiger partial charge in [-0.1, -0.05) is 12.1 Å². The molecular formula is C13H14N4. The molecule has 0 saturated heterocycles. The van der Waals surface area contributed by atoms with Crippen LogP contribution in [-0.2, 0) is 0 Å². The molecule has 0 bridgehead atoms. The Balaban J connectivity index is 2.02. The standard InChI is InChI=1S/C13H14N4/c1-17-12(8-16-13(17)14)10-2-3-11-7-15-5-4-9(11)6-10/h2-7,12H,8H2,1H3,(H2,14,16). The molecule has 2 aromatic rings. The fraction of sp³-hybridized carbons (Fsp3) is 0.231. The number of hydrogen-bond donors (Lipinski definition) is 1. The molecule has 0 saturated carbocycles. The number of guanidine groups is 1. The number of fused-ring (bicyclic) bond motifs is 1. The maximum absolute atomic E-state index is 5.78. The molecule has 1 aromatic heterocycles. The third-order valence-corrected chi connectivity index (χ3v) is 3.30. The smallest absolute Gasteiger partial charge is 0.191 e. The van der Waals surface area contributed by atoms with Gasteiger partial charge >= 0.3 is 0 Å². The first-order valence-electron chi connectivity index (χ1n) is 5.62. The summed E-state index contributed by atoms with van der Waals surface area (Å²) in [5.41, 5.74) is 7.03. The van der Waals surface area contributed by atoms with E-state index < -0.39 is 0 Å². The third kappa shape index (κ3) is 1.62. The van der Waals surface area contributed by atoms with Crippen molar-refractivity contribution >= 4 is 16.7 Å². The van der Waals surface area contributed by atoms with Gasteiger partial charge in [-0.05, 0) is 23.1 Å². The van der Waals surface area contributed by atoms with Crippen LogP contribution in [-0.4, -0.2) is 29.4 Å². The molecule has 1 aliphatic heterocycles. The average Bonchev–Trinajstić information content (AvgIpc) is 2.70. The van der Waals surface area contributed by atoms with Crippen LogP contribution in [0.25, 0.3) is 10.8 Å². The first kappa shape index (κ1) is 10.1. The van der Waals surface area contributed by atoms with Gasteiger partial charge in [0.15, 0.2) is 5.96 Å². The monoisotopic (exact) mass is 226 g/mol. The van der Waals surface area contributed by atoms with Gasteiger partial charge in [-0.15, -0.1) is 0 Å². The molecule has 2 N–H and O–H groups in total. The SMILES string of the molecule is CN1C(N)=NCC1c1ccc2cnccc2c1. The van der Waals surface area contributed by atoms with Crippen molar-refractivity contribution in [2.75, 3.05) is 13.6 Å². The Morgan fingerprint density at radius 2 is 2.18 bits per heavy atom. The summed E-state index contributed by atoms with van der Waals surface area (Å²) in [5, 5.41) is 2.36. The summed E-state index contributed by atoms with van der Waals surface area (Å²) in [6.45, 7) is 0.735. The summed E-state index contributed by atoms with van der Waals surface area (Å²) >= 11 is 0. The maximum Gasteiger partial charge on any atom is 0.191 e.